The van der Waals surface area contributed by atoms with Crippen LogP contribution >= 0.6 is 0 Å². The molecule has 0 atom stereocenters. The summed E-state index contributed by atoms with van der Waals surface area (Å²) >= 11 is 0. The van der Waals surface area contributed by atoms with Crippen LogP contribution in [0.3, 0.4) is 0 Å². The first-order valence-electron chi connectivity index (χ1n) is 28.3. The molecule has 0 heterocycles. The van der Waals surface area contributed by atoms with E-state index in [-0.39, 0.29) is 16.2 Å². The highest BCUT2D eigenvalue weighted by molar-refractivity contribution is 5.31. The van der Waals surface area contributed by atoms with Crippen LogP contribution in [-0.2, 0) is 41.9 Å². The van der Waals surface area contributed by atoms with E-state index in [1.807, 2.05) is 26.8 Å². The van der Waals surface area contributed by atoms with Crippen molar-refractivity contribution in [2.24, 2.45) is 0 Å². The van der Waals surface area contributed by atoms with Gasteiger partial charge in [-0.05, 0) is 134 Å². The minimum Gasteiger partial charge on any atom is -0.103 e. The van der Waals surface area contributed by atoms with Gasteiger partial charge in [0.25, 0.3) is 0 Å². The molecule has 0 fully saturated rings. The highest BCUT2D eigenvalue weighted by Crippen LogP contribution is 2.27. The summed E-state index contributed by atoms with van der Waals surface area (Å²) in [5, 5.41) is 0. The Hall–Kier alpha value is -5.72. The van der Waals surface area contributed by atoms with Crippen LogP contribution in [-0.4, -0.2) is 0 Å². The first-order valence-corrected chi connectivity index (χ1v) is 28.3. The maximum Gasteiger partial charge on any atom is -0.0132 e. The molecular weight excluding hydrogens is 901 g/mol. The minimum atomic E-state index is 0.260. The molecule has 0 spiro atoms. The third-order valence-electron chi connectivity index (χ3n) is 12.1. The van der Waals surface area contributed by atoms with Crippen molar-refractivity contribution in [3.63, 3.8) is 0 Å². The normalized spacial score (nSPS) is 10.2. The van der Waals surface area contributed by atoms with Crippen LogP contribution in [0.25, 0.3) is 0 Å². The first kappa shape index (κ1) is 71.4. The third kappa shape index (κ3) is 35.2. The van der Waals surface area contributed by atoms with Gasteiger partial charge in [-0.2, -0.15) is 0 Å². The number of allylic oxidation sites excluding steroid dienone is 1. The van der Waals surface area contributed by atoms with Crippen molar-refractivity contribution in [1.82, 2.24) is 0 Å². The zero-order chi connectivity index (χ0) is 57.6. The second kappa shape index (κ2) is 39.7. The molecule has 0 aliphatic carbocycles. The van der Waals surface area contributed by atoms with Gasteiger partial charge < -0.3 is 0 Å². The van der Waals surface area contributed by atoms with Crippen LogP contribution < -0.4 is 0 Å². The molecule has 0 aliphatic heterocycles. The Kier molecular flexibility index (Phi) is 37.7. The molecule has 75 heavy (non-hydrogen) atoms. The molecule has 0 heteroatoms. The van der Waals surface area contributed by atoms with E-state index in [1.54, 1.807) is 6.08 Å². The Morgan fingerprint density at radius 3 is 0.733 bits per heavy atom. The molecule has 7 aromatic carbocycles. The third-order valence-corrected chi connectivity index (χ3v) is 12.1. The largest absolute Gasteiger partial charge is 0.103 e. The molecule has 7 rings (SSSR count). The highest BCUT2D eigenvalue weighted by Gasteiger charge is 2.17. The number of hydrogen-bond acceptors (Lipinski definition) is 0. The van der Waals surface area contributed by atoms with Gasteiger partial charge in [0.15, 0.2) is 0 Å². The molecule has 0 radical (unpaired) electrons. The Bertz CT molecular complexity index is 2310. The molecular formula is C75H110. The number of benzene rings is 7. The van der Waals surface area contributed by atoms with Crippen molar-refractivity contribution >= 4 is 0 Å². The molecule has 410 valence electrons. The van der Waals surface area contributed by atoms with E-state index in [9.17, 15) is 0 Å². The molecule has 0 saturated carbocycles. The summed E-state index contributed by atoms with van der Waals surface area (Å²) < 4.78 is 0. The monoisotopic (exact) mass is 1010 g/mol. The average Bonchev–Trinajstić information content (AvgIpc) is 3.39. The predicted octanol–water partition coefficient (Wildman–Crippen LogP) is 22.8. The van der Waals surface area contributed by atoms with Crippen molar-refractivity contribution in [3.05, 3.63) is 261 Å². The summed E-state index contributed by atoms with van der Waals surface area (Å²) in [5.74, 6) is 0.653. The zero-order valence-corrected chi connectivity index (χ0v) is 52.4. The van der Waals surface area contributed by atoms with Crippen molar-refractivity contribution in [1.29, 1.82) is 0 Å². The van der Waals surface area contributed by atoms with Gasteiger partial charge in [-0.3, -0.25) is 0 Å². The van der Waals surface area contributed by atoms with Crippen LogP contribution in [0.15, 0.2) is 189 Å². The Labute approximate surface area is 465 Å². The standard InChI is InChI=1S/C14H22.C11H16.2C10H14.C9H12.2C8H10.C3H6.C2H6/c1-13(2,3)11-7-9-12(10-8-11)14(4,5)6;1-9-5-7-10(8-6-9)11(2,3)4;1-8(2)10-6-4-9(3)5-7-10;1-3-9-5-7-10(4-2)8-6-9;1-3-9-6-4-8(2)5-7-9;1-7-3-5-8(2)6-4-7;1-2-8-6-4-3-5-7-8;1-3-2;1-2/h7-10H,1-6H3;5-8H,1-4H3;4-8H,1-3H3;5-8H,3-4H2,1-2H3;4-7H,3H2,1-2H3;3-6H,1-2H3;3-7H,2H2,1H3;3H,1H2,2H3;1-2H3. The van der Waals surface area contributed by atoms with Crippen molar-refractivity contribution < 1.29 is 0 Å². The number of aryl methyl sites for hydroxylation is 9. The summed E-state index contributed by atoms with van der Waals surface area (Å²) in [5.41, 5.74) is 18.8. The molecule has 0 amide bonds. The van der Waals surface area contributed by atoms with E-state index in [0.717, 1.165) is 25.7 Å². The topological polar surface area (TPSA) is 0 Å². The van der Waals surface area contributed by atoms with Gasteiger partial charge in [-0.25, -0.2) is 0 Å². The van der Waals surface area contributed by atoms with Gasteiger partial charge in [0.2, 0.25) is 0 Å². The van der Waals surface area contributed by atoms with Crippen LogP contribution in [0, 0.1) is 34.6 Å². The van der Waals surface area contributed by atoms with E-state index in [4.69, 9.17) is 0 Å². The summed E-state index contributed by atoms with van der Waals surface area (Å²) in [6.07, 6.45) is 6.31. The van der Waals surface area contributed by atoms with Gasteiger partial charge in [0.05, 0.1) is 0 Å². The fourth-order valence-corrected chi connectivity index (χ4v) is 6.66. The van der Waals surface area contributed by atoms with E-state index in [1.165, 1.54) is 72.3 Å². The van der Waals surface area contributed by atoms with E-state index in [0.29, 0.717) is 5.92 Å². The minimum absolute atomic E-state index is 0.260. The average molecular weight is 1010 g/mol. The van der Waals surface area contributed by atoms with E-state index < -0.39 is 0 Å². The molecule has 0 N–H and O–H groups in total. The molecule has 0 aliphatic rings. The molecule has 7 aromatic rings. The SMILES string of the molecule is C=CC.CC.CC(C)(C)c1ccc(C(C)(C)C)cc1.CCc1ccc(C)cc1.CCc1ccc(CC)cc1.CCc1ccccc1.Cc1ccc(C(C)(C)C)cc1.Cc1ccc(C(C)C)cc1.Cc1ccc(C)cc1. The van der Waals surface area contributed by atoms with Crippen molar-refractivity contribution in [2.75, 3.05) is 0 Å². The summed E-state index contributed by atoms with van der Waals surface area (Å²) in [6, 6.07) is 62.9. The second-order valence-electron chi connectivity index (χ2n) is 22.5. The van der Waals surface area contributed by atoms with E-state index >= 15 is 0 Å². The van der Waals surface area contributed by atoms with Crippen LogP contribution in [0.1, 0.15) is 203 Å². The lowest BCUT2D eigenvalue weighted by atomic mass is 9.82. The van der Waals surface area contributed by atoms with Crippen molar-refractivity contribution in [2.45, 2.75) is 207 Å². The summed E-state index contributed by atoms with van der Waals surface area (Å²) in [4.78, 5) is 0. The lowest BCUT2D eigenvalue weighted by molar-refractivity contribution is 0.577. The number of rotatable bonds is 5. The Morgan fingerprint density at radius 2 is 0.520 bits per heavy atom. The fraction of sp³-hybridized carbons (Fsp3) is 0.413. The lowest BCUT2D eigenvalue weighted by Gasteiger charge is -2.23. The first-order chi connectivity index (χ1) is 35.2. The maximum atomic E-state index is 3.36. The zero-order valence-electron chi connectivity index (χ0n) is 52.4. The quantitative estimate of drug-likeness (QED) is 0.151. The maximum absolute atomic E-state index is 3.36. The molecule has 0 saturated heterocycles. The molecule has 0 aromatic heterocycles. The highest BCUT2D eigenvalue weighted by atomic mass is 14.2. The second-order valence-corrected chi connectivity index (χ2v) is 22.5. The van der Waals surface area contributed by atoms with Gasteiger partial charge in [0, 0.05) is 0 Å². The van der Waals surface area contributed by atoms with Gasteiger partial charge in [0.1, 0.15) is 0 Å². The summed E-state index contributed by atoms with van der Waals surface area (Å²) in [6.45, 7) is 53.1. The molecule has 0 nitrogen and oxygen atoms in total. The van der Waals surface area contributed by atoms with Gasteiger partial charge in [-0.15, -0.1) is 6.58 Å². The Balaban J connectivity index is 0. The van der Waals surface area contributed by atoms with E-state index in [2.05, 4.69) is 315 Å². The smallest absolute Gasteiger partial charge is 0.0132 e. The van der Waals surface area contributed by atoms with Crippen molar-refractivity contribution in [3.8, 4) is 0 Å². The summed E-state index contributed by atoms with van der Waals surface area (Å²) in [7, 11) is 0. The Morgan fingerprint density at radius 1 is 0.333 bits per heavy atom. The lowest BCUT2D eigenvalue weighted by Crippen LogP contribution is -2.14. The number of hydrogen-bond donors (Lipinski definition) is 0. The predicted molar refractivity (Wildman–Crippen MR) is 344 cm³/mol. The van der Waals surface area contributed by atoms with Crippen LogP contribution in [0.2, 0.25) is 0 Å². The molecule has 0 bridgehead atoms. The van der Waals surface area contributed by atoms with Gasteiger partial charge >= 0.3 is 0 Å². The van der Waals surface area contributed by atoms with Gasteiger partial charge in [-0.1, -0.05) is 328 Å². The van der Waals surface area contributed by atoms with Crippen LogP contribution in [0.4, 0.5) is 0 Å². The fourth-order valence-electron chi connectivity index (χ4n) is 6.66. The molecule has 0 unspecified atom stereocenters. The van der Waals surface area contributed by atoms with Crippen LogP contribution in [0.5, 0.6) is 0 Å².